The molecule has 0 spiro atoms. The van der Waals surface area contributed by atoms with E-state index in [1.165, 1.54) is 17.6 Å². The van der Waals surface area contributed by atoms with E-state index >= 15 is 0 Å². The van der Waals surface area contributed by atoms with Gasteiger partial charge in [-0.05, 0) is 47.7 Å². The van der Waals surface area contributed by atoms with E-state index in [0.717, 1.165) is 32.6 Å². The maximum absolute atomic E-state index is 12.6. The lowest BCUT2D eigenvalue weighted by Crippen LogP contribution is -2.61. The number of esters is 1. The second-order valence-electron chi connectivity index (χ2n) is 6.52. The molecule has 0 unspecified atom stereocenters. The van der Waals surface area contributed by atoms with Gasteiger partial charge in [0, 0.05) is 42.7 Å². The molecule has 0 radical (unpaired) electrons. The number of fused-ring (bicyclic) bond motifs is 1. The van der Waals surface area contributed by atoms with Gasteiger partial charge in [0.2, 0.25) is 0 Å². The van der Waals surface area contributed by atoms with Crippen molar-refractivity contribution in [3.63, 3.8) is 0 Å². The Bertz CT molecular complexity index is 793. The summed E-state index contributed by atoms with van der Waals surface area (Å²) in [6.07, 6.45) is 1.12. The van der Waals surface area contributed by atoms with Crippen LogP contribution in [0.4, 0.5) is 0 Å². The van der Waals surface area contributed by atoms with E-state index in [-0.39, 0.29) is 11.9 Å². The van der Waals surface area contributed by atoms with Crippen molar-refractivity contribution >= 4 is 23.2 Å². The summed E-state index contributed by atoms with van der Waals surface area (Å²) in [5.74, 6) is -0.359. The molecule has 1 aromatic carbocycles. The number of methoxy groups -OCH3 is 1. The van der Waals surface area contributed by atoms with Crippen LogP contribution >= 0.6 is 11.3 Å². The summed E-state index contributed by atoms with van der Waals surface area (Å²) in [7, 11) is 1.35. The fourth-order valence-electron chi connectivity index (χ4n) is 3.48. The summed E-state index contributed by atoms with van der Waals surface area (Å²) < 4.78 is 4.68. The highest BCUT2D eigenvalue weighted by molar-refractivity contribution is 7.10. The monoisotopic (exact) mass is 356 g/mol. The van der Waals surface area contributed by atoms with E-state index < -0.39 is 0 Å². The quantitative estimate of drug-likeness (QED) is 0.793. The van der Waals surface area contributed by atoms with Gasteiger partial charge in [-0.2, -0.15) is 0 Å². The Balaban J connectivity index is 1.34. The van der Waals surface area contributed by atoms with Crippen LogP contribution in [0.15, 0.2) is 35.7 Å². The first-order chi connectivity index (χ1) is 12.2. The van der Waals surface area contributed by atoms with E-state index in [9.17, 15) is 9.59 Å². The highest BCUT2D eigenvalue weighted by Gasteiger charge is 2.36. The van der Waals surface area contributed by atoms with Crippen LogP contribution in [0.3, 0.4) is 0 Å². The second kappa shape index (κ2) is 6.61. The van der Waals surface area contributed by atoms with Crippen molar-refractivity contribution in [3.8, 4) is 0 Å². The van der Waals surface area contributed by atoms with Gasteiger partial charge in [0.25, 0.3) is 5.91 Å². The minimum Gasteiger partial charge on any atom is -0.465 e. The normalized spacial score (nSPS) is 17.7. The van der Waals surface area contributed by atoms with Crippen LogP contribution in [0, 0.1) is 0 Å². The average molecular weight is 356 g/mol. The second-order valence-corrected chi connectivity index (χ2v) is 7.52. The lowest BCUT2D eigenvalue weighted by Gasteiger charge is -2.46. The Morgan fingerprint density at radius 2 is 1.84 bits per heavy atom. The molecule has 1 saturated heterocycles. The lowest BCUT2D eigenvalue weighted by molar-refractivity contribution is 0.0220. The number of ether oxygens (including phenoxy) is 1. The van der Waals surface area contributed by atoms with Gasteiger partial charge in [0.1, 0.15) is 0 Å². The van der Waals surface area contributed by atoms with Gasteiger partial charge in [-0.3, -0.25) is 9.69 Å². The van der Waals surface area contributed by atoms with E-state index in [2.05, 4.69) is 21.1 Å². The molecule has 1 amide bonds. The van der Waals surface area contributed by atoms with Gasteiger partial charge < -0.3 is 9.64 Å². The van der Waals surface area contributed by atoms with Crippen molar-refractivity contribution in [2.45, 2.75) is 19.0 Å². The van der Waals surface area contributed by atoms with Crippen molar-refractivity contribution in [1.29, 1.82) is 0 Å². The number of thiophene rings is 1. The fraction of sp³-hybridized carbons (Fsp3) is 0.368. The number of hydrogen-bond donors (Lipinski definition) is 0. The molecule has 25 heavy (non-hydrogen) atoms. The minimum absolute atomic E-state index is 0.0286. The lowest BCUT2D eigenvalue weighted by atomic mass is 10.0. The molecule has 5 nitrogen and oxygen atoms in total. The SMILES string of the molecule is COC(=O)c1ccc(C(=O)N2CC(N3CCc4sccc4C3)C2)cc1. The zero-order valence-electron chi connectivity index (χ0n) is 14.1. The van der Waals surface area contributed by atoms with E-state index in [0.29, 0.717) is 17.2 Å². The molecule has 4 rings (SSSR count). The number of carbonyl (C=O) groups is 2. The van der Waals surface area contributed by atoms with E-state index in [1.54, 1.807) is 24.3 Å². The summed E-state index contributed by atoms with van der Waals surface area (Å²) in [5, 5.41) is 2.17. The Morgan fingerprint density at radius 3 is 2.56 bits per heavy atom. The number of amides is 1. The number of likely N-dealkylation sites (tertiary alicyclic amines) is 1. The molecule has 2 aliphatic heterocycles. The summed E-state index contributed by atoms with van der Waals surface area (Å²) in [5.41, 5.74) is 2.52. The molecule has 6 heteroatoms. The van der Waals surface area contributed by atoms with E-state index in [4.69, 9.17) is 0 Å². The van der Waals surface area contributed by atoms with Crippen molar-refractivity contribution in [2.24, 2.45) is 0 Å². The first kappa shape index (κ1) is 16.3. The van der Waals surface area contributed by atoms with Gasteiger partial charge in [-0.15, -0.1) is 11.3 Å². The van der Waals surface area contributed by atoms with Crippen LogP contribution < -0.4 is 0 Å². The molecule has 0 saturated carbocycles. The molecule has 2 aromatic rings. The van der Waals surface area contributed by atoms with Crippen LogP contribution in [0.2, 0.25) is 0 Å². The molecule has 0 atom stereocenters. The number of carbonyl (C=O) groups excluding carboxylic acids is 2. The number of rotatable bonds is 3. The first-order valence-corrected chi connectivity index (χ1v) is 9.30. The largest absolute Gasteiger partial charge is 0.465 e. The van der Waals surface area contributed by atoms with Gasteiger partial charge in [0.15, 0.2) is 0 Å². The zero-order chi connectivity index (χ0) is 17.4. The summed E-state index contributed by atoms with van der Waals surface area (Å²) in [6, 6.07) is 9.33. The number of benzene rings is 1. The van der Waals surface area contributed by atoms with Gasteiger partial charge in [-0.1, -0.05) is 0 Å². The third kappa shape index (κ3) is 3.07. The zero-order valence-corrected chi connectivity index (χ0v) is 14.9. The van der Waals surface area contributed by atoms with Crippen molar-refractivity contribution in [2.75, 3.05) is 26.7 Å². The first-order valence-electron chi connectivity index (χ1n) is 8.42. The maximum Gasteiger partial charge on any atom is 0.337 e. The van der Waals surface area contributed by atoms with Crippen molar-refractivity contribution in [3.05, 3.63) is 57.3 Å². The van der Waals surface area contributed by atoms with E-state index in [1.807, 2.05) is 16.2 Å². The smallest absolute Gasteiger partial charge is 0.337 e. The molecule has 0 bridgehead atoms. The molecule has 0 aliphatic carbocycles. The Kier molecular flexibility index (Phi) is 4.31. The van der Waals surface area contributed by atoms with Crippen LogP contribution in [-0.4, -0.2) is 54.5 Å². The molecule has 2 aliphatic rings. The highest BCUT2D eigenvalue weighted by atomic mass is 32.1. The highest BCUT2D eigenvalue weighted by Crippen LogP contribution is 2.28. The van der Waals surface area contributed by atoms with Crippen molar-refractivity contribution < 1.29 is 14.3 Å². The van der Waals surface area contributed by atoms with Crippen LogP contribution in [0.5, 0.6) is 0 Å². The molecule has 1 aromatic heterocycles. The Hall–Kier alpha value is -2.18. The number of hydrogen-bond acceptors (Lipinski definition) is 5. The van der Waals surface area contributed by atoms with Crippen molar-refractivity contribution in [1.82, 2.24) is 9.80 Å². The summed E-state index contributed by atoms with van der Waals surface area (Å²) >= 11 is 1.85. The topological polar surface area (TPSA) is 49.9 Å². The molecular weight excluding hydrogens is 336 g/mol. The third-order valence-corrected chi connectivity index (χ3v) is 6.08. The average Bonchev–Trinajstić information content (AvgIpc) is 3.07. The fourth-order valence-corrected chi connectivity index (χ4v) is 4.37. The van der Waals surface area contributed by atoms with Gasteiger partial charge >= 0.3 is 5.97 Å². The van der Waals surface area contributed by atoms with Gasteiger partial charge in [0.05, 0.1) is 12.7 Å². The molecule has 3 heterocycles. The summed E-state index contributed by atoms with van der Waals surface area (Å²) in [6.45, 7) is 3.63. The molecule has 0 N–H and O–H groups in total. The molecular formula is C19H20N2O3S. The number of nitrogens with zero attached hydrogens (tertiary/aromatic N) is 2. The van der Waals surface area contributed by atoms with Crippen LogP contribution in [0.1, 0.15) is 31.2 Å². The van der Waals surface area contributed by atoms with Gasteiger partial charge in [-0.25, -0.2) is 4.79 Å². The standard InChI is InChI=1S/C19H20N2O3S/c1-24-19(23)14-4-2-13(3-5-14)18(22)21-11-16(12-21)20-8-6-17-15(10-20)7-9-25-17/h2-5,7,9,16H,6,8,10-12H2,1H3. The van der Waals surface area contributed by atoms with Crippen LogP contribution in [0.25, 0.3) is 0 Å². The Labute approximate surface area is 150 Å². The molecule has 130 valence electrons. The summed E-state index contributed by atoms with van der Waals surface area (Å²) in [4.78, 5) is 29.9. The molecule has 1 fully saturated rings. The minimum atomic E-state index is -0.388. The predicted octanol–water partition coefficient (Wildman–Crippen LogP) is 2.42. The third-order valence-electron chi connectivity index (χ3n) is 5.06. The maximum atomic E-state index is 12.6. The van der Waals surface area contributed by atoms with Crippen LogP contribution in [-0.2, 0) is 17.7 Å². The predicted molar refractivity (Wildman–Crippen MR) is 95.9 cm³/mol. The Morgan fingerprint density at radius 1 is 1.12 bits per heavy atom.